The molecule has 1 N–H and O–H groups in total. The average molecular weight is 305 g/mol. The molecule has 2 rings (SSSR count). The SMILES string of the molecule is C/C(=N\NC(=O)c1cccnc1)c1ccccc1OC(F)F. The van der Waals surface area contributed by atoms with Gasteiger partial charge in [-0.2, -0.15) is 13.9 Å². The number of amides is 1. The fourth-order valence-corrected chi connectivity index (χ4v) is 1.72. The standard InChI is InChI=1S/C15H13F2N3O2/c1-10(12-6-2-3-7-13(12)22-15(16)17)19-20-14(21)11-5-4-8-18-9-11/h2-9,15H,1H3,(H,20,21)/b19-10+. The highest BCUT2D eigenvalue weighted by molar-refractivity contribution is 6.02. The third kappa shape index (κ3) is 4.08. The first-order valence-electron chi connectivity index (χ1n) is 6.37. The van der Waals surface area contributed by atoms with E-state index in [1.54, 1.807) is 43.5 Å². The molecule has 0 radical (unpaired) electrons. The summed E-state index contributed by atoms with van der Waals surface area (Å²) in [5.41, 5.74) is 3.40. The Kier molecular flexibility index (Phi) is 5.13. The molecule has 1 aromatic carbocycles. The molecule has 0 atom stereocenters. The molecule has 7 heteroatoms. The van der Waals surface area contributed by atoms with Crippen LogP contribution in [0.5, 0.6) is 5.75 Å². The number of pyridine rings is 1. The lowest BCUT2D eigenvalue weighted by Gasteiger charge is -2.10. The number of nitrogens with one attached hydrogen (secondary N) is 1. The molecule has 0 saturated carbocycles. The summed E-state index contributed by atoms with van der Waals surface area (Å²) < 4.78 is 29.1. The second kappa shape index (κ2) is 7.26. The van der Waals surface area contributed by atoms with Gasteiger partial charge in [-0.05, 0) is 31.2 Å². The molecule has 0 fully saturated rings. The average Bonchev–Trinajstić information content (AvgIpc) is 2.53. The minimum atomic E-state index is -2.93. The Morgan fingerprint density at radius 1 is 1.27 bits per heavy atom. The Morgan fingerprint density at radius 2 is 2.05 bits per heavy atom. The number of carbonyl (C=O) groups is 1. The van der Waals surface area contributed by atoms with Gasteiger partial charge in [-0.1, -0.05) is 12.1 Å². The highest BCUT2D eigenvalue weighted by Crippen LogP contribution is 2.20. The lowest BCUT2D eigenvalue weighted by molar-refractivity contribution is -0.0499. The van der Waals surface area contributed by atoms with E-state index in [1.165, 1.54) is 12.3 Å². The highest BCUT2D eigenvalue weighted by Gasteiger charge is 2.11. The van der Waals surface area contributed by atoms with Gasteiger partial charge in [0, 0.05) is 18.0 Å². The number of aromatic nitrogens is 1. The first-order chi connectivity index (χ1) is 10.6. The van der Waals surface area contributed by atoms with Crippen molar-refractivity contribution in [3.8, 4) is 5.75 Å². The number of halogens is 2. The van der Waals surface area contributed by atoms with Crippen LogP contribution in [0.3, 0.4) is 0 Å². The topological polar surface area (TPSA) is 63.6 Å². The van der Waals surface area contributed by atoms with E-state index in [-0.39, 0.29) is 5.75 Å². The summed E-state index contributed by atoms with van der Waals surface area (Å²) in [7, 11) is 0. The molecule has 5 nitrogen and oxygen atoms in total. The Balaban J connectivity index is 2.14. The van der Waals surface area contributed by atoms with E-state index < -0.39 is 12.5 Å². The summed E-state index contributed by atoms with van der Waals surface area (Å²) in [6.45, 7) is -1.35. The number of hydrogen-bond acceptors (Lipinski definition) is 4. The van der Waals surface area contributed by atoms with E-state index in [1.807, 2.05) is 0 Å². The second-order valence-electron chi connectivity index (χ2n) is 4.25. The molecule has 0 saturated heterocycles. The van der Waals surface area contributed by atoms with E-state index in [0.717, 1.165) is 0 Å². The van der Waals surface area contributed by atoms with Gasteiger partial charge in [0.05, 0.1) is 11.3 Å². The van der Waals surface area contributed by atoms with Gasteiger partial charge >= 0.3 is 6.61 Å². The van der Waals surface area contributed by atoms with Crippen molar-refractivity contribution in [3.63, 3.8) is 0 Å². The van der Waals surface area contributed by atoms with Gasteiger partial charge in [-0.25, -0.2) is 5.43 Å². The Hall–Kier alpha value is -2.83. The summed E-state index contributed by atoms with van der Waals surface area (Å²) in [6.07, 6.45) is 2.94. The first-order valence-corrected chi connectivity index (χ1v) is 6.37. The van der Waals surface area contributed by atoms with Crippen LogP contribution >= 0.6 is 0 Å². The van der Waals surface area contributed by atoms with Crippen LogP contribution in [0.1, 0.15) is 22.8 Å². The minimum absolute atomic E-state index is 0.00521. The number of ether oxygens (including phenoxy) is 1. The van der Waals surface area contributed by atoms with Gasteiger partial charge < -0.3 is 4.74 Å². The lowest BCUT2D eigenvalue weighted by Crippen LogP contribution is -2.19. The fourth-order valence-electron chi connectivity index (χ4n) is 1.72. The number of hydrogen-bond donors (Lipinski definition) is 1. The van der Waals surface area contributed by atoms with Crippen molar-refractivity contribution in [3.05, 3.63) is 59.9 Å². The van der Waals surface area contributed by atoms with Crippen LogP contribution in [0, 0.1) is 0 Å². The molecular formula is C15H13F2N3O2. The summed E-state index contributed by atoms with van der Waals surface area (Å²) in [4.78, 5) is 15.7. The number of nitrogens with zero attached hydrogens (tertiary/aromatic N) is 2. The molecule has 0 aliphatic rings. The van der Waals surface area contributed by atoms with Gasteiger partial charge in [0.25, 0.3) is 5.91 Å². The molecule has 2 aromatic rings. The van der Waals surface area contributed by atoms with Crippen LogP contribution in [-0.2, 0) is 0 Å². The van der Waals surface area contributed by atoms with E-state index >= 15 is 0 Å². The van der Waals surface area contributed by atoms with Crippen LogP contribution in [0.4, 0.5) is 8.78 Å². The van der Waals surface area contributed by atoms with Crippen molar-refractivity contribution < 1.29 is 18.3 Å². The predicted molar refractivity (Wildman–Crippen MR) is 77.0 cm³/mol. The zero-order chi connectivity index (χ0) is 15.9. The van der Waals surface area contributed by atoms with Gasteiger partial charge in [0.2, 0.25) is 0 Å². The van der Waals surface area contributed by atoms with Gasteiger partial charge in [-0.3, -0.25) is 9.78 Å². The van der Waals surface area contributed by atoms with Gasteiger partial charge in [0.15, 0.2) is 0 Å². The van der Waals surface area contributed by atoms with Crippen LogP contribution in [-0.4, -0.2) is 23.2 Å². The molecule has 0 spiro atoms. The Bertz CT molecular complexity index is 675. The van der Waals surface area contributed by atoms with Crippen LogP contribution < -0.4 is 10.2 Å². The molecule has 114 valence electrons. The predicted octanol–water partition coefficient (Wildman–Crippen LogP) is 2.84. The summed E-state index contributed by atoms with van der Waals surface area (Å²) in [5, 5.41) is 3.90. The zero-order valence-corrected chi connectivity index (χ0v) is 11.7. The number of para-hydroxylation sites is 1. The third-order valence-electron chi connectivity index (χ3n) is 2.74. The number of hydrazone groups is 1. The van der Waals surface area contributed by atoms with E-state index in [4.69, 9.17) is 0 Å². The largest absolute Gasteiger partial charge is 0.434 e. The maximum Gasteiger partial charge on any atom is 0.387 e. The van der Waals surface area contributed by atoms with Crippen LogP contribution in [0.25, 0.3) is 0 Å². The number of benzene rings is 1. The molecule has 0 unspecified atom stereocenters. The quantitative estimate of drug-likeness (QED) is 0.682. The summed E-state index contributed by atoms with van der Waals surface area (Å²) >= 11 is 0. The van der Waals surface area contributed by atoms with Crippen molar-refractivity contribution in [2.24, 2.45) is 5.10 Å². The van der Waals surface area contributed by atoms with Crippen molar-refractivity contribution in [1.82, 2.24) is 10.4 Å². The number of carbonyl (C=O) groups excluding carboxylic acids is 1. The maximum atomic E-state index is 12.4. The molecular weight excluding hydrogens is 292 g/mol. The van der Waals surface area contributed by atoms with Gasteiger partial charge in [-0.15, -0.1) is 0 Å². The zero-order valence-electron chi connectivity index (χ0n) is 11.7. The second-order valence-corrected chi connectivity index (χ2v) is 4.25. The Labute approximate surface area is 125 Å². The minimum Gasteiger partial charge on any atom is -0.434 e. The highest BCUT2D eigenvalue weighted by atomic mass is 19.3. The monoisotopic (exact) mass is 305 g/mol. The molecule has 0 aliphatic carbocycles. The fraction of sp³-hybridized carbons (Fsp3) is 0.133. The molecule has 0 aliphatic heterocycles. The van der Waals surface area contributed by atoms with Crippen molar-refractivity contribution >= 4 is 11.6 Å². The van der Waals surface area contributed by atoms with Gasteiger partial charge in [0.1, 0.15) is 5.75 Å². The maximum absolute atomic E-state index is 12.4. The lowest BCUT2D eigenvalue weighted by atomic mass is 10.1. The van der Waals surface area contributed by atoms with Crippen molar-refractivity contribution in [2.75, 3.05) is 0 Å². The van der Waals surface area contributed by atoms with Crippen molar-refractivity contribution in [1.29, 1.82) is 0 Å². The smallest absolute Gasteiger partial charge is 0.387 e. The third-order valence-corrected chi connectivity index (χ3v) is 2.74. The summed E-state index contributed by atoms with van der Waals surface area (Å²) in [6, 6.07) is 9.42. The van der Waals surface area contributed by atoms with E-state index in [0.29, 0.717) is 16.8 Å². The normalized spacial score (nSPS) is 11.4. The Morgan fingerprint density at radius 3 is 2.73 bits per heavy atom. The molecule has 0 bridgehead atoms. The van der Waals surface area contributed by atoms with Crippen LogP contribution in [0.15, 0.2) is 53.9 Å². The van der Waals surface area contributed by atoms with Crippen LogP contribution in [0.2, 0.25) is 0 Å². The molecule has 1 heterocycles. The molecule has 1 amide bonds. The molecule has 22 heavy (non-hydrogen) atoms. The number of alkyl halides is 2. The first kappa shape index (κ1) is 15.6. The van der Waals surface area contributed by atoms with E-state index in [9.17, 15) is 13.6 Å². The van der Waals surface area contributed by atoms with Crippen molar-refractivity contribution in [2.45, 2.75) is 13.5 Å². The number of rotatable bonds is 5. The van der Waals surface area contributed by atoms with E-state index in [2.05, 4.69) is 20.2 Å². The molecule has 1 aromatic heterocycles. The summed E-state index contributed by atoms with van der Waals surface area (Å²) in [5.74, 6) is -0.450.